The molecule has 6 rings (SSSR count). The van der Waals surface area contributed by atoms with Crippen molar-refractivity contribution in [1.29, 1.82) is 0 Å². The molecule has 6 heteroatoms. The summed E-state index contributed by atoms with van der Waals surface area (Å²) < 4.78 is 0. The summed E-state index contributed by atoms with van der Waals surface area (Å²) in [5.74, 6) is 0.0167. The molecule has 1 atom stereocenters. The van der Waals surface area contributed by atoms with Crippen molar-refractivity contribution in [2.75, 3.05) is 0 Å². The maximum atomic E-state index is 10.3. The normalized spacial score (nSPS) is 21.1. The molecule has 0 amide bonds. The Morgan fingerprint density at radius 3 is 2.37 bits per heavy atom. The molecule has 0 radical (unpaired) electrons. The number of H-pyrrole nitrogens is 2. The predicted octanol–water partition coefficient (Wildman–Crippen LogP) is 7.01. The molecule has 3 aliphatic rings. The summed E-state index contributed by atoms with van der Waals surface area (Å²) >= 11 is 0. The summed E-state index contributed by atoms with van der Waals surface area (Å²) in [5, 5.41) is 22.3. The molecule has 0 aliphatic carbocycles. The minimum atomic E-state index is -0.0132. The number of hydrogen-bond acceptors (Lipinski definition) is 4. The fourth-order valence-electron chi connectivity index (χ4n) is 6.31. The number of allylic oxidation sites excluding steroid dienone is 4. The van der Waals surface area contributed by atoms with E-state index in [1.165, 1.54) is 63.0 Å². The SMILES string of the molecule is CCCCCCCCCCC/C1=C2\C=CC(=N2)/C=c2/cc/c([nH]2)=C(\c2cc(O)cc(O)c2)C2=NC(C=C2)Cc2ccc1[nH]2. The molecule has 4 N–H and O–H groups in total. The topological polar surface area (TPSA) is 96.8 Å². The first kappa shape index (κ1) is 28.8. The highest BCUT2D eigenvalue weighted by molar-refractivity contribution is 6.29. The zero-order valence-corrected chi connectivity index (χ0v) is 25.1. The number of benzene rings is 1. The van der Waals surface area contributed by atoms with Crippen LogP contribution in [0.15, 0.2) is 82.5 Å². The van der Waals surface area contributed by atoms with Gasteiger partial charge in [0, 0.05) is 45.7 Å². The molecule has 1 aromatic carbocycles. The maximum Gasteiger partial charge on any atom is 0.119 e. The van der Waals surface area contributed by atoms with Crippen LogP contribution in [0.25, 0.3) is 17.2 Å². The standard InChI is InChI=1S/C37H42N4O2/c1-2-3-4-5-6-7-8-9-10-11-32-33-16-12-26(38-33)22-28-14-18-35(40-28)37(25-20-30(42)24-31(43)21-25)36-19-15-29(41-36)23-27-13-17-34(32)39-27/h12-22,24,29,39-40,42-43H,2-11,23H2,1H3/b28-22-,33-32-,37-35-. The highest BCUT2D eigenvalue weighted by atomic mass is 16.3. The summed E-state index contributed by atoms with van der Waals surface area (Å²) in [6, 6.07) is 13.1. The van der Waals surface area contributed by atoms with Crippen LogP contribution in [0.4, 0.5) is 0 Å². The molecule has 2 aromatic heterocycles. The van der Waals surface area contributed by atoms with Crippen molar-refractivity contribution in [2.24, 2.45) is 9.98 Å². The van der Waals surface area contributed by atoms with Gasteiger partial charge in [-0.05, 0) is 79.1 Å². The van der Waals surface area contributed by atoms with E-state index in [1.807, 2.05) is 18.2 Å². The van der Waals surface area contributed by atoms with E-state index >= 15 is 0 Å². The Bertz CT molecular complexity index is 1720. The number of phenols is 2. The largest absolute Gasteiger partial charge is 0.508 e. The number of aromatic hydroxyl groups is 2. The lowest BCUT2D eigenvalue weighted by atomic mass is 10.00. The van der Waals surface area contributed by atoms with E-state index in [2.05, 4.69) is 53.3 Å². The number of hydrogen-bond donors (Lipinski definition) is 4. The van der Waals surface area contributed by atoms with Gasteiger partial charge in [-0.3, -0.25) is 4.99 Å². The Hall–Kier alpha value is -4.32. The Balaban J connectivity index is 1.32. The third-order valence-corrected chi connectivity index (χ3v) is 8.51. The fraction of sp³-hybridized carbons (Fsp3) is 0.351. The maximum absolute atomic E-state index is 10.3. The smallest absolute Gasteiger partial charge is 0.119 e. The Morgan fingerprint density at radius 1 is 0.814 bits per heavy atom. The van der Waals surface area contributed by atoms with Gasteiger partial charge in [-0.2, -0.15) is 0 Å². The van der Waals surface area contributed by atoms with E-state index in [1.54, 1.807) is 12.1 Å². The van der Waals surface area contributed by atoms with Gasteiger partial charge in [0.15, 0.2) is 0 Å². The van der Waals surface area contributed by atoms with E-state index in [4.69, 9.17) is 9.98 Å². The van der Waals surface area contributed by atoms with Gasteiger partial charge in [-0.15, -0.1) is 0 Å². The summed E-state index contributed by atoms with van der Waals surface area (Å²) in [6.07, 6.45) is 24.0. The van der Waals surface area contributed by atoms with Gasteiger partial charge in [0.25, 0.3) is 0 Å². The molecular weight excluding hydrogens is 532 g/mol. The summed E-state index contributed by atoms with van der Waals surface area (Å²) in [5.41, 5.74) is 7.83. The highest BCUT2D eigenvalue weighted by Gasteiger charge is 2.20. The number of unbranched alkanes of at least 4 members (excludes halogenated alkanes) is 8. The number of aromatic amines is 2. The van der Waals surface area contributed by atoms with Crippen molar-refractivity contribution in [1.82, 2.24) is 9.97 Å². The van der Waals surface area contributed by atoms with E-state index in [0.717, 1.165) is 64.0 Å². The molecule has 3 aliphatic heterocycles. The van der Waals surface area contributed by atoms with Crippen molar-refractivity contribution in [3.63, 3.8) is 0 Å². The second-order valence-corrected chi connectivity index (χ2v) is 11.9. The molecule has 222 valence electrons. The van der Waals surface area contributed by atoms with Gasteiger partial charge < -0.3 is 20.2 Å². The van der Waals surface area contributed by atoms with Gasteiger partial charge >= 0.3 is 0 Å². The van der Waals surface area contributed by atoms with Crippen LogP contribution in [0.5, 0.6) is 11.5 Å². The molecule has 43 heavy (non-hydrogen) atoms. The van der Waals surface area contributed by atoms with Crippen LogP contribution in [0, 0.1) is 0 Å². The van der Waals surface area contributed by atoms with Crippen LogP contribution in [0.1, 0.15) is 88.1 Å². The Kier molecular flexibility index (Phi) is 8.92. The van der Waals surface area contributed by atoms with Crippen LogP contribution < -0.4 is 10.7 Å². The minimum Gasteiger partial charge on any atom is -0.508 e. The van der Waals surface area contributed by atoms with Crippen molar-refractivity contribution in [3.8, 4) is 11.5 Å². The molecule has 1 unspecified atom stereocenters. The van der Waals surface area contributed by atoms with Gasteiger partial charge in [0.05, 0.1) is 23.2 Å². The van der Waals surface area contributed by atoms with Crippen molar-refractivity contribution in [3.05, 3.63) is 100 Å². The van der Waals surface area contributed by atoms with E-state index in [-0.39, 0.29) is 17.5 Å². The van der Waals surface area contributed by atoms with Crippen LogP contribution in [0.2, 0.25) is 0 Å². The van der Waals surface area contributed by atoms with E-state index in [9.17, 15) is 10.2 Å². The lowest BCUT2D eigenvalue weighted by Gasteiger charge is -2.10. The molecule has 0 fully saturated rings. The summed E-state index contributed by atoms with van der Waals surface area (Å²) in [7, 11) is 0. The lowest BCUT2D eigenvalue weighted by Crippen LogP contribution is -2.18. The van der Waals surface area contributed by atoms with E-state index in [0.29, 0.717) is 5.56 Å². The number of nitrogens with zero attached hydrogens (tertiary/aromatic N) is 2. The predicted molar refractivity (Wildman–Crippen MR) is 177 cm³/mol. The quantitative estimate of drug-likeness (QED) is 0.185. The second kappa shape index (κ2) is 13.3. The third kappa shape index (κ3) is 7.02. The molecular formula is C37H42N4O2. The first-order chi connectivity index (χ1) is 21.1. The zero-order chi connectivity index (χ0) is 29.6. The third-order valence-electron chi connectivity index (χ3n) is 8.51. The number of aromatic nitrogens is 2. The van der Waals surface area contributed by atoms with Crippen molar-refractivity contribution < 1.29 is 10.2 Å². The first-order valence-electron chi connectivity index (χ1n) is 15.9. The van der Waals surface area contributed by atoms with E-state index < -0.39 is 0 Å². The molecule has 0 saturated heterocycles. The monoisotopic (exact) mass is 574 g/mol. The molecule has 5 heterocycles. The molecule has 0 saturated carbocycles. The average molecular weight is 575 g/mol. The average Bonchev–Trinajstić information content (AvgIpc) is 3.80. The summed E-state index contributed by atoms with van der Waals surface area (Å²) in [4.78, 5) is 17.3. The second-order valence-electron chi connectivity index (χ2n) is 11.9. The fourth-order valence-corrected chi connectivity index (χ4v) is 6.31. The molecule has 0 spiro atoms. The number of nitrogens with one attached hydrogen (secondary N) is 2. The van der Waals surface area contributed by atoms with Crippen molar-refractivity contribution >= 4 is 28.6 Å². The highest BCUT2D eigenvalue weighted by Crippen LogP contribution is 2.30. The van der Waals surface area contributed by atoms with Crippen LogP contribution in [-0.4, -0.2) is 37.6 Å². The number of rotatable bonds is 11. The van der Waals surface area contributed by atoms with Crippen LogP contribution in [0.3, 0.4) is 0 Å². The van der Waals surface area contributed by atoms with Crippen LogP contribution >= 0.6 is 0 Å². The first-order valence-corrected chi connectivity index (χ1v) is 15.9. The van der Waals surface area contributed by atoms with Gasteiger partial charge in [-0.1, -0.05) is 64.4 Å². The number of aliphatic imine (C=N–C) groups is 2. The van der Waals surface area contributed by atoms with Crippen LogP contribution in [-0.2, 0) is 6.42 Å². The minimum absolute atomic E-state index is 0.00834. The van der Waals surface area contributed by atoms with Crippen molar-refractivity contribution in [2.45, 2.75) is 83.6 Å². The Morgan fingerprint density at radius 2 is 1.58 bits per heavy atom. The zero-order valence-electron chi connectivity index (χ0n) is 25.1. The Labute approximate surface area is 253 Å². The molecule has 3 aromatic rings. The lowest BCUT2D eigenvalue weighted by molar-refractivity contribution is 0.450. The number of phenolic OH excluding ortho intramolecular Hbond substituents is 2. The van der Waals surface area contributed by atoms with Gasteiger partial charge in [0.2, 0.25) is 0 Å². The summed E-state index contributed by atoms with van der Waals surface area (Å²) in [6.45, 7) is 2.27. The number of fused-ring (bicyclic) bond motifs is 6. The van der Waals surface area contributed by atoms with Gasteiger partial charge in [0.1, 0.15) is 11.5 Å². The molecule has 8 bridgehead atoms. The van der Waals surface area contributed by atoms with Gasteiger partial charge in [-0.25, -0.2) is 4.99 Å². The molecule has 6 nitrogen and oxygen atoms in total.